The summed E-state index contributed by atoms with van der Waals surface area (Å²) in [7, 11) is 0. The topological polar surface area (TPSA) is 89.1 Å². The molecule has 2 heterocycles. The lowest BCUT2D eigenvalue weighted by molar-refractivity contribution is 0.0697. The number of rotatable bonds is 6. The quantitative estimate of drug-likeness (QED) is 0.741. The molecule has 0 aliphatic rings. The fourth-order valence-corrected chi connectivity index (χ4v) is 2.27. The number of hydrogen-bond donors (Lipinski definition) is 1. The van der Waals surface area contributed by atoms with Gasteiger partial charge in [0.25, 0.3) is 0 Å². The Kier molecular flexibility index (Phi) is 4.65. The zero-order valence-corrected chi connectivity index (χ0v) is 13.3. The first-order chi connectivity index (χ1) is 11.7. The Labute approximate surface area is 139 Å². The van der Waals surface area contributed by atoms with E-state index in [-0.39, 0.29) is 5.56 Å². The van der Waals surface area contributed by atoms with Crippen molar-refractivity contribution in [3.8, 4) is 22.9 Å². The van der Waals surface area contributed by atoms with E-state index >= 15 is 0 Å². The number of benzene rings is 1. The number of nitrogens with zero attached hydrogens (tertiary/aromatic N) is 3. The number of carboxylic acids is 1. The van der Waals surface area contributed by atoms with Gasteiger partial charge in [-0.2, -0.15) is 0 Å². The number of carbonyl (C=O) groups is 1. The summed E-state index contributed by atoms with van der Waals surface area (Å²) in [5, 5.41) is 17.0. The number of unbranched alkanes of at least 4 members (excludes halogenated alkanes) is 1. The van der Waals surface area contributed by atoms with E-state index in [1.165, 1.54) is 12.1 Å². The van der Waals surface area contributed by atoms with Gasteiger partial charge < -0.3 is 9.52 Å². The lowest BCUT2D eigenvalue weighted by atomic mass is 10.1. The summed E-state index contributed by atoms with van der Waals surface area (Å²) in [6.45, 7) is 2.15. The Balaban J connectivity index is 1.78. The molecule has 0 bridgehead atoms. The molecule has 3 rings (SSSR count). The van der Waals surface area contributed by atoms with Crippen LogP contribution < -0.4 is 0 Å². The third kappa shape index (κ3) is 3.48. The minimum absolute atomic E-state index is 0.213. The summed E-state index contributed by atoms with van der Waals surface area (Å²) in [5.41, 5.74) is 2.69. The van der Waals surface area contributed by atoms with E-state index in [1.807, 2.05) is 12.1 Å². The minimum atomic E-state index is -0.970. The zero-order chi connectivity index (χ0) is 16.9. The molecule has 1 N–H and O–H groups in total. The van der Waals surface area contributed by atoms with Crippen molar-refractivity contribution in [2.45, 2.75) is 26.2 Å². The number of carboxylic acid groups (broad SMARTS) is 1. The molecule has 0 aliphatic carbocycles. The van der Waals surface area contributed by atoms with E-state index in [0.29, 0.717) is 17.3 Å². The fraction of sp³-hybridized carbons (Fsp3) is 0.222. The predicted molar refractivity (Wildman–Crippen MR) is 88.5 cm³/mol. The monoisotopic (exact) mass is 323 g/mol. The van der Waals surface area contributed by atoms with Gasteiger partial charge in [0.1, 0.15) is 0 Å². The fourth-order valence-electron chi connectivity index (χ4n) is 2.27. The molecule has 0 spiro atoms. The summed E-state index contributed by atoms with van der Waals surface area (Å²) in [6, 6.07) is 10.2. The van der Waals surface area contributed by atoms with E-state index < -0.39 is 5.97 Å². The molecule has 6 nitrogen and oxygen atoms in total. The molecule has 0 radical (unpaired) electrons. The maximum Gasteiger partial charge on any atom is 0.335 e. The van der Waals surface area contributed by atoms with E-state index in [2.05, 4.69) is 22.1 Å². The number of hydrogen-bond acceptors (Lipinski definition) is 5. The lowest BCUT2D eigenvalue weighted by Crippen LogP contribution is -1.94. The van der Waals surface area contributed by atoms with Crippen molar-refractivity contribution in [2.24, 2.45) is 0 Å². The zero-order valence-electron chi connectivity index (χ0n) is 13.3. The molecule has 0 unspecified atom stereocenters. The van der Waals surface area contributed by atoms with Gasteiger partial charge in [0.05, 0.1) is 11.1 Å². The highest BCUT2D eigenvalue weighted by molar-refractivity contribution is 5.88. The number of aromatic nitrogens is 3. The van der Waals surface area contributed by atoms with Crippen molar-refractivity contribution in [3.63, 3.8) is 0 Å². The first-order valence-corrected chi connectivity index (χ1v) is 7.80. The van der Waals surface area contributed by atoms with Gasteiger partial charge >= 0.3 is 5.97 Å². The van der Waals surface area contributed by atoms with Gasteiger partial charge in [0.15, 0.2) is 0 Å². The Morgan fingerprint density at radius 3 is 2.29 bits per heavy atom. The van der Waals surface area contributed by atoms with E-state index in [0.717, 1.165) is 30.5 Å². The highest BCUT2D eigenvalue weighted by atomic mass is 16.4. The van der Waals surface area contributed by atoms with Gasteiger partial charge in [-0.1, -0.05) is 13.3 Å². The Morgan fingerprint density at radius 1 is 1.04 bits per heavy atom. The van der Waals surface area contributed by atoms with Crippen LogP contribution in [0.4, 0.5) is 0 Å². The maximum atomic E-state index is 10.9. The number of aryl methyl sites for hydroxylation is 1. The molecular weight excluding hydrogens is 306 g/mol. The largest absolute Gasteiger partial charge is 0.478 e. The molecular formula is C18H17N3O3. The highest BCUT2D eigenvalue weighted by Crippen LogP contribution is 2.24. The Bertz CT molecular complexity index is 823. The van der Waals surface area contributed by atoms with Crippen LogP contribution in [0.3, 0.4) is 0 Å². The molecule has 1 aromatic carbocycles. The van der Waals surface area contributed by atoms with Crippen molar-refractivity contribution >= 4 is 5.97 Å². The normalized spacial score (nSPS) is 10.7. The third-order valence-electron chi connectivity index (χ3n) is 3.66. The summed E-state index contributed by atoms with van der Waals surface area (Å²) in [5.74, 6) is -0.235. The van der Waals surface area contributed by atoms with Gasteiger partial charge in [-0.05, 0) is 49.2 Å². The standard InChI is InChI=1S/C18H17N3O3/c1-2-3-4-15-10-9-14(11-19-15)17-21-20-16(24-17)12-5-7-13(8-6-12)18(22)23/h5-11H,2-4H2,1H3,(H,22,23). The Morgan fingerprint density at radius 2 is 1.71 bits per heavy atom. The molecule has 0 aliphatic heterocycles. The van der Waals surface area contributed by atoms with Gasteiger partial charge in [-0.25, -0.2) is 4.79 Å². The van der Waals surface area contributed by atoms with Crippen LogP contribution in [0.2, 0.25) is 0 Å². The maximum absolute atomic E-state index is 10.9. The average molecular weight is 323 g/mol. The Hall–Kier alpha value is -3.02. The van der Waals surface area contributed by atoms with E-state index in [1.54, 1.807) is 18.3 Å². The number of pyridine rings is 1. The van der Waals surface area contributed by atoms with Crippen LogP contribution in [0.1, 0.15) is 35.8 Å². The van der Waals surface area contributed by atoms with Crippen molar-refractivity contribution < 1.29 is 14.3 Å². The molecule has 0 fully saturated rings. The van der Waals surface area contributed by atoms with Crippen LogP contribution in [0.5, 0.6) is 0 Å². The second-order valence-electron chi connectivity index (χ2n) is 5.44. The minimum Gasteiger partial charge on any atom is -0.478 e. The molecule has 2 aromatic heterocycles. The van der Waals surface area contributed by atoms with Crippen LogP contribution in [0.15, 0.2) is 47.0 Å². The van der Waals surface area contributed by atoms with Gasteiger partial charge in [0.2, 0.25) is 11.8 Å². The van der Waals surface area contributed by atoms with Crippen molar-refractivity contribution in [3.05, 3.63) is 53.9 Å². The van der Waals surface area contributed by atoms with Gasteiger partial charge in [-0.3, -0.25) is 4.98 Å². The van der Waals surface area contributed by atoms with Gasteiger partial charge in [-0.15, -0.1) is 10.2 Å². The summed E-state index contributed by atoms with van der Waals surface area (Å²) in [6.07, 6.45) is 4.94. The van der Waals surface area contributed by atoms with Crippen LogP contribution in [0.25, 0.3) is 22.9 Å². The van der Waals surface area contributed by atoms with E-state index in [4.69, 9.17) is 9.52 Å². The second-order valence-corrected chi connectivity index (χ2v) is 5.44. The molecule has 0 amide bonds. The molecule has 122 valence electrons. The molecule has 3 aromatic rings. The van der Waals surface area contributed by atoms with Crippen molar-refractivity contribution in [1.29, 1.82) is 0 Å². The van der Waals surface area contributed by atoms with Crippen molar-refractivity contribution in [2.75, 3.05) is 0 Å². The summed E-state index contributed by atoms with van der Waals surface area (Å²) in [4.78, 5) is 15.3. The molecule has 6 heteroatoms. The SMILES string of the molecule is CCCCc1ccc(-c2nnc(-c3ccc(C(=O)O)cc3)o2)cn1. The lowest BCUT2D eigenvalue weighted by Gasteiger charge is -2.00. The number of aromatic carboxylic acids is 1. The third-order valence-corrected chi connectivity index (χ3v) is 3.66. The second kappa shape index (κ2) is 7.04. The first kappa shape index (κ1) is 15.9. The molecule has 0 atom stereocenters. The highest BCUT2D eigenvalue weighted by Gasteiger charge is 2.12. The average Bonchev–Trinajstić information content (AvgIpc) is 3.10. The molecule has 0 saturated carbocycles. The van der Waals surface area contributed by atoms with Crippen molar-refractivity contribution in [1.82, 2.24) is 15.2 Å². The van der Waals surface area contributed by atoms with Gasteiger partial charge in [0, 0.05) is 17.5 Å². The van der Waals surface area contributed by atoms with E-state index in [9.17, 15) is 4.79 Å². The molecule has 0 saturated heterocycles. The first-order valence-electron chi connectivity index (χ1n) is 7.80. The summed E-state index contributed by atoms with van der Waals surface area (Å²) < 4.78 is 5.67. The van der Waals surface area contributed by atoms with Crippen LogP contribution >= 0.6 is 0 Å². The van der Waals surface area contributed by atoms with Crippen LogP contribution in [0, 0.1) is 0 Å². The smallest absolute Gasteiger partial charge is 0.335 e. The summed E-state index contributed by atoms with van der Waals surface area (Å²) >= 11 is 0. The molecule has 24 heavy (non-hydrogen) atoms. The van der Waals surface area contributed by atoms with Crippen LogP contribution in [-0.4, -0.2) is 26.3 Å². The predicted octanol–water partition coefficient (Wildman–Crippen LogP) is 3.84. The van der Waals surface area contributed by atoms with Crippen LogP contribution in [-0.2, 0) is 6.42 Å².